The van der Waals surface area contributed by atoms with Gasteiger partial charge in [-0.3, -0.25) is 4.79 Å². The molecule has 2 N–H and O–H groups in total. The van der Waals surface area contributed by atoms with Gasteiger partial charge in [-0.15, -0.1) is 0 Å². The molecular weight excluding hydrogens is 252 g/mol. The number of rotatable bonds is 1. The monoisotopic (exact) mass is 274 g/mol. The van der Waals surface area contributed by atoms with E-state index in [4.69, 9.17) is 0 Å². The van der Waals surface area contributed by atoms with E-state index < -0.39 is 5.60 Å². The number of likely N-dealkylation sites (tertiary alicyclic amines) is 1. The Morgan fingerprint density at radius 1 is 1.30 bits per heavy atom. The van der Waals surface area contributed by atoms with Crippen molar-refractivity contribution in [3.8, 4) is 0 Å². The molecule has 2 heterocycles. The SMILES string of the molecule is CC1(O)CCN(C(=O)c2ccc3c(c2)CNCC3)CC1. The number of piperidine rings is 1. The second-order valence-corrected chi connectivity index (χ2v) is 6.20. The number of hydrogen-bond donors (Lipinski definition) is 2. The largest absolute Gasteiger partial charge is 0.390 e. The van der Waals surface area contributed by atoms with E-state index >= 15 is 0 Å². The van der Waals surface area contributed by atoms with Crippen molar-refractivity contribution in [1.29, 1.82) is 0 Å². The van der Waals surface area contributed by atoms with Crippen LogP contribution >= 0.6 is 0 Å². The second kappa shape index (κ2) is 5.19. The molecule has 0 unspecified atom stereocenters. The molecule has 0 atom stereocenters. The van der Waals surface area contributed by atoms with Crippen LogP contribution in [-0.4, -0.2) is 41.1 Å². The Bertz CT molecular complexity index is 515. The summed E-state index contributed by atoms with van der Waals surface area (Å²) in [5.74, 6) is 0.0915. The van der Waals surface area contributed by atoms with Crippen LogP contribution in [0.25, 0.3) is 0 Å². The van der Waals surface area contributed by atoms with E-state index in [2.05, 4.69) is 11.4 Å². The highest BCUT2D eigenvalue weighted by Gasteiger charge is 2.30. The average molecular weight is 274 g/mol. The molecule has 108 valence electrons. The predicted octanol–water partition coefficient (Wildman–Crippen LogP) is 1.32. The molecule has 4 heteroatoms. The summed E-state index contributed by atoms with van der Waals surface area (Å²) >= 11 is 0. The van der Waals surface area contributed by atoms with Crippen LogP contribution in [0.1, 0.15) is 41.3 Å². The van der Waals surface area contributed by atoms with Gasteiger partial charge in [0.05, 0.1) is 5.60 Å². The predicted molar refractivity (Wildman–Crippen MR) is 77.6 cm³/mol. The number of fused-ring (bicyclic) bond motifs is 1. The topological polar surface area (TPSA) is 52.6 Å². The molecule has 20 heavy (non-hydrogen) atoms. The van der Waals surface area contributed by atoms with Gasteiger partial charge in [0.15, 0.2) is 0 Å². The first kappa shape index (κ1) is 13.6. The summed E-state index contributed by atoms with van der Waals surface area (Å²) in [4.78, 5) is 14.4. The van der Waals surface area contributed by atoms with Gasteiger partial charge in [-0.25, -0.2) is 0 Å². The molecular formula is C16H22N2O2. The summed E-state index contributed by atoms with van der Waals surface area (Å²) in [6.07, 6.45) is 2.35. The van der Waals surface area contributed by atoms with Crippen LogP contribution in [0.3, 0.4) is 0 Å². The van der Waals surface area contributed by atoms with Crippen molar-refractivity contribution < 1.29 is 9.90 Å². The van der Waals surface area contributed by atoms with Crippen LogP contribution in [0.5, 0.6) is 0 Å². The summed E-state index contributed by atoms with van der Waals surface area (Å²) in [7, 11) is 0. The molecule has 1 fully saturated rings. The van der Waals surface area contributed by atoms with E-state index in [0.29, 0.717) is 25.9 Å². The van der Waals surface area contributed by atoms with E-state index in [1.54, 1.807) is 0 Å². The van der Waals surface area contributed by atoms with Crippen LogP contribution < -0.4 is 5.32 Å². The van der Waals surface area contributed by atoms with E-state index in [-0.39, 0.29) is 5.91 Å². The van der Waals surface area contributed by atoms with Gasteiger partial charge in [0.1, 0.15) is 0 Å². The molecule has 1 amide bonds. The Labute approximate surface area is 119 Å². The van der Waals surface area contributed by atoms with Crippen LogP contribution in [0, 0.1) is 0 Å². The van der Waals surface area contributed by atoms with Gasteiger partial charge in [-0.1, -0.05) is 6.07 Å². The minimum absolute atomic E-state index is 0.0915. The third-order valence-electron chi connectivity index (χ3n) is 4.47. The Kier molecular flexibility index (Phi) is 3.52. The van der Waals surface area contributed by atoms with Crippen LogP contribution in [-0.2, 0) is 13.0 Å². The molecule has 1 aromatic carbocycles. The molecule has 0 aliphatic carbocycles. The minimum Gasteiger partial charge on any atom is -0.390 e. The molecule has 0 aromatic heterocycles. The third-order valence-corrected chi connectivity index (χ3v) is 4.47. The standard InChI is InChI=1S/C16H22N2O2/c1-16(20)5-8-18(9-6-16)15(19)13-3-2-12-4-7-17-11-14(12)10-13/h2-3,10,17,20H,4-9,11H2,1H3. The molecule has 0 radical (unpaired) electrons. The van der Waals surface area contributed by atoms with E-state index in [0.717, 1.165) is 25.1 Å². The Morgan fingerprint density at radius 2 is 2.05 bits per heavy atom. The van der Waals surface area contributed by atoms with E-state index in [9.17, 15) is 9.90 Å². The molecule has 3 rings (SSSR count). The smallest absolute Gasteiger partial charge is 0.253 e. The van der Waals surface area contributed by atoms with Crippen molar-refractivity contribution in [3.63, 3.8) is 0 Å². The van der Waals surface area contributed by atoms with Gasteiger partial charge in [0.2, 0.25) is 0 Å². The first-order valence-electron chi connectivity index (χ1n) is 7.39. The molecule has 2 aliphatic rings. The number of aliphatic hydroxyl groups is 1. The van der Waals surface area contributed by atoms with Gasteiger partial charge in [-0.05, 0) is 56.0 Å². The Hall–Kier alpha value is -1.39. The van der Waals surface area contributed by atoms with Crippen LogP contribution in [0.4, 0.5) is 0 Å². The summed E-state index contributed by atoms with van der Waals surface area (Å²) < 4.78 is 0. The summed E-state index contributed by atoms with van der Waals surface area (Å²) in [6, 6.07) is 6.05. The lowest BCUT2D eigenvalue weighted by atomic mass is 9.93. The maximum Gasteiger partial charge on any atom is 0.253 e. The minimum atomic E-state index is -0.615. The first-order chi connectivity index (χ1) is 9.55. The Balaban J connectivity index is 1.74. The molecule has 0 saturated carbocycles. The number of amides is 1. The lowest BCUT2D eigenvalue weighted by molar-refractivity contribution is -0.00202. The van der Waals surface area contributed by atoms with Crippen molar-refractivity contribution in [2.45, 2.75) is 38.3 Å². The maximum absolute atomic E-state index is 12.5. The number of carbonyl (C=O) groups excluding carboxylic acids is 1. The number of hydrogen-bond acceptors (Lipinski definition) is 3. The van der Waals surface area contributed by atoms with Crippen molar-refractivity contribution >= 4 is 5.91 Å². The zero-order valence-corrected chi connectivity index (χ0v) is 12.0. The molecule has 2 aliphatic heterocycles. The van der Waals surface area contributed by atoms with Crippen LogP contribution in [0.15, 0.2) is 18.2 Å². The summed E-state index contributed by atoms with van der Waals surface area (Å²) in [5.41, 5.74) is 2.75. The molecule has 0 bridgehead atoms. The van der Waals surface area contributed by atoms with Gasteiger partial charge in [0, 0.05) is 25.2 Å². The van der Waals surface area contributed by atoms with Gasteiger partial charge < -0.3 is 15.3 Å². The highest BCUT2D eigenvalue weighted by atomic mass is 16.3. The molecule has 4 nitrogen and oxygen atoms in total. The van der Waals surface area contributed by atoms with E-state index in [1.807, 2.05) is 24.0 Å². The fraction of sp³-hybridized carbons (Fsp3) is 0.562. The summed E-state index contributed by atoms with van der Waals surface area (Å²) in [6.45, 7) is 4.99. The zero-order valence-electron chi connectivity index (χ0n) is 12.0. The zero-order chi connectivity index (χ0) is 14.2. The quantitative estimate of drug-likeness (QED) is 0.812. The maximum atomic E-state index is 12.5. The molecule has 1 saturated heterocycles. The molecule has 1 aromatic rings. The number of carbonyl (C=O) groups is 1. The van der Waals surface area contributed by atoms with E-state index in [1.165, 1.54) is 11.1 Å². The molecule has 0 spiro atoms. The Morgan fingerprint density at radius 3 is 2.80 bits per heavy atom. The van der Waals surface area contributed by atoms with Gasteiger partial charge in [0.25, 0.3) is 5.91 Å². The second-order valence-electron chi connectivity index (χ2n) is 6.20. The normalized spacial score (nSPS) is 21.4. The van der Waals surface area contributed by atoms with Crippen molar-refractivity contribution in [2.75, 3.05) is 19.6 Å². The third kappa shape index (κ3) is 2.72. The van der Waals surface area contributed by atoms with Crippen molar-refractivity contribution in [3.05, 3.63) is 34.9 Å². The fourth-order valence-electron chi connectivity index (χ4n) is 2.99. The lowest BCUT2D eigenvalue weighted by Gasteiger charge is -2.36. The average Bonchev–Trinajstić information content (AvgIpc) is 2.46. The van der Waals surface area contributed by atoms with Crippen molar-refractivity contribution in [2.24, 2.45) is 0 Å². The van der Waals surface area contributed by atoms with Crippen LogP contribution in [0.2, 0.25) is 0 Å². The summed E-state index contributed by atoms with van der Waals surface area (Å²) in [5, 5.41) is 13.3. The number of benzene rings is 1. The van der Waals surface area contributed by atoms with Crippen molar-refractivity contribution in [1.82, 2.24) is 10.2 Å². The lowest BCUT2D eigenvalue weighted by Crippen LogP contribution is -2.45. The number of nitrogens with one attached hydrogen (secondary N) is 1. The highest BCUT2D eigenvalue weighted by Crippen LogP contribution is 2.23. The fourth-order valence-corrected chi connectivity index (χ4v) is 2.99. The number of nitrogens with zero attached hydrogens (tertiary/aromatic N) is 1. The van der Waals surface area contributed by atoms with Gasteiger partial charge in [-0.2, -0.15) is 0 Å². The highest BCUT2D eigenvalue weighted by molar-refractivity contribution is 5.94. The van der Waals surface area contributed by atoms with Gasteiger partial charge >= 0.3 is 0 Å². The first-order valence-corrected chi connectivity index (χ1v) is 7.39.